The lowest BCUT2D eigenvalue weighted by Gasteiger charge is -2.27. The van der Waals surface area contributed by atoms with Crippen molar-refractivity contribution in [1.82, 2.24) is 0 Å². The van der Waals surface area contributed by atoms with Crippen LogP contribution in [0.5, 0.6) is 0 Å². The second kappa shape index (κ2) is 7.71. The summed E-state index contributed by atoms with van der Waals surface area (Å²) in [6, 6.07) is 0. The van der Waals surface area contributed by atoms with E-state index in [2.05, 4.69) is 0 Å². The van der Waals surface area contributed by atoms with Crippen LogP contribution >= 0.6 is 0 Å². The number of aliphatic hydroxyl groups is 1. The van der Waals surface area contributed by atoms with Gasteiger partial charge in [0.15, 0.2) is 5.60 Å². The Labute approximate surface area is 109 Å². The summed E-state index contributed by atoms with van der Waals surface area (Å²) in [7, 11) is 0. The molecule has 2 unspecified atom stereocenters. The zero-order valence-electron chi connectivity index (χ0n) is 12.2. The Morgan fingerprint density at radius 1 is 1.17 bits per heavy atom. The molecule has 5 heteroatoms. The average Bonchev–Trinajstić information content (AvgIpc) is 2.24. The molecule has 0 bridgehead atoms. The van der Waals surface area contributed by atoms with Crippen LogP contribution in [-0.2, 0) is 19.0 Å². The van der Waals surface area contributed by atoms with E-state index in [0.29, 0.717) is 0 Å². The maximum absolute atomic E-state index is 11.8. The summed E-state index contributed by atoms with van der Waals surface area (Å²) in [4.78, 5) is 11.8. The Bertz CT molecular complexity index is 250. The van der Waals surface area contributed by atoms with Gasteiger partial charge in [0.2, 0.25) is 0 Å². The van der Waals surface area contributed by atoms with Gasteiger partial charge in [-0.05, 0) is 41.5 Å². The van der Waals surface area contributed by atoms with Gasteiger partial charge < -0.3 is 19.3 Å². The van der Waals surface area contributed by atoms with E-state index in [-0.39, 0.29) is 25.4 Å². The fraction of sp³-hybridized carbons (Fsp3) is 0.923. The van der Waals surface area contributed by atoms with Crippen LogP contribution < -0.4 is 0 Å². The van der Waals surface area contributed by atoms with Gasteiger partial charge in [0.05, 0.1) is 24.9 Å². The summed E-state index contributed by atoms with van der Waals surface area (Å²) in [5, 5.41) is 8.90. The molecule has 0 spiro atoms. The van der Waals surface area contributed by atoms with Gasteiger partial charge in [-0.2, -0.15) is 0 Å². The molecule has 0 aromatic heterocycles. The third-order valence-corrected chi connectivity index (χ3v) is 2.20. The Balaban J connectivity index is 4.14. The minimum absolute atomic E-state index is 0.0948. The maximum atomic E-state index is 11.8. The van der Waals surface area contributed by atoms with Crippen LogP contribution in [0.2, 0.25) is 0 Å². The van der Waals surface area contributed by atoms with Gasteiger partial charge in [-0.3, -0.25) is 0 Å². The van der Waals surface area contributed by atoms with Crippen LogP contribution in [-0.4, -0.2) is 48.2 Å². The number of rotatable bonds is 8. The van der Waals surface area contributed by atoms with Crippen molar-refractivity contribution in [3.63, 3.8) is 0 Å². The molecule has 0 amide bonds. The molecule has 0 aromatic rings. The maximum Gasteiger partial charge on any atom is 0.337 e. The van der Waals surface area contributed by atoms with E-state index >= 15 is 0 Å². The monoisotopic (exact) mass is 262 g/mol. The van der Waals surface area contributed by atoms with Crippen molar-refractivity contribution < 1.29 is 24.1 Å². The molecule has 2 atom stereocenters. The van der Waals surface area contributed by atoms with Crippen LogP contribution in [0.25, 0.3) is 0 Å². The highest BCUT2D eigenvalue weighted by Crippen LogP contribution is 2.15. The molecule has 5 nitrogen and oxygen atoms in total. The first kappa shape index (κ1) is 17.4. The molecular formula is C13H26O5. The van der Waals surface area contributed by atoms with Crippen molar-refractivity contribution in [2.24, 2.45) is 0 Å². The van der Waals surface area contributed by atoms with E-state index in [0.717, 1.165) is 0 Å². The molecule has 0 radical (unpaired) electrons. The molecule has 18 heavy (non-hydrogen) atoms. The summed E-state index contributed by atoms with van der Waals surface area (Å²) < 4.78 is 16.0. The van der Waals surface area contributed by atoms with Crippen LogP contribution in [0, 0.1) is 0 Å². The number of carbonyl (C=O) groups excluding carboxylic acids is 1. The second-order valence-electron chi connectivity index (χ2n) is 5.22. The van der Waals surface area contributed by atoms with E-state index in [9.17, 15) is 4.79 Å². The molecule has 0 saturated carbocycles. The van der Waals surface area contributed by atoms with Crippen molar-refractivity contribution >= 4 is 5.97 Å². The smallest absolute Gasteiger partial charge is 0.337 e. The molecule has 0 rings (SSSR count). The number of carbonyl (C=O) groups is 1. The van der Waals surface area contributed by atoms with Gasteiger partial charge in [-0.25, -0.2) is 4.79 Å². The van der Waals surface area contributed by atoms with Gasteiger partial charge in [0, 0.05) is 0 Å². The predicted molar refractivity (Wildman–Crippen MR) is 68.4 cm³/mol. The summed E-state index contributed by atoms with van der Waals surface area (Å²) in [6.45, 7) is 10.7. The molecule has 0 saturated heterocycles. The Morgan fingerprint density at radius 2 is 1.72 bits per heavy atom. The van der Waals surface area contributed by atoms with Crippen molar-refractivity contribution in [3.05, 3.63) is 0 Å². The quantitative estimate of drug-likeness (QED) is 0.672. The Kier molecular flexibility index (Phi) is 7.43. The summed E-state index contributed by atoms with van der Waals surface area (Å²) >= 11 is 0. The van der Waals surface area contributed by atoms with Crippen molar-refractivity contribution in [3.8, 4) is 0 Å². The van der Waals surface area contributed by atoms with Crippen LogP contribution in [0.15, 0.2) is 0 Å². The van der Waals surface area contributed by atoms with Gasteiger partial charge in [0.1, 0.15) is 6.61 Å². The minimum atomic E-state index is -1.07. The Hall–Kier alpha value is -0.650. The predicted octanol–water partition coefficient (Wildman–Crippen LogP) is 1.52. The first-order valence-corrected chi connectivity index (χ1v) is 6.30. The first-order chi connectivity index (χ1) is 8.19. The zero-order valence-corrected chi connectivity index (χ0v) is 12.2. The summed E-state index contributed by atoms with van der Waals surface area (Å²) in [6.07, 6.45) is -0.464. The number of hydrogen-bond donors (Lipinski definition) is 1. The summed E-state index contributed by atoms with van der Waals surface area (Å²) in [5.41, 5.74) is -1.07. The highest BCUT2D eigenvalue weighted by atomic mass is 16.6. The molecule has 0 fully saturated rings. The summed E-state index contributed by atoms with van der Waals surface area (Å²) in [5.74, 6) is -0.456. The molecule has 0 aromatic carbocycles. The van der Waals surface area contributed by atoms with E-state index in [1.807, 2.05) is 20.8 Å². The lowest BCUT2D eigenvalue weighted by atomic mass is 10.1. The highest BCUT2D eigenvalue weighted by molar-refractivity contribution is 5.78. The van der Waals surface area contributed by atoms with Crippen molar-refractivity contribution in [2.45, 2.75) is 65.5 Å². The van der Waals surface area contributed by atoms with Gasteiger partial charge in [-0.15, -0.1) is 0 Å². The molecule has 1 N–H and O–H groups in total. The number of hydrogen-bond acceptors (Lipinski definition) is 5. The molecular weight excluding hydrogens is 236 g/mol. The number of esters is 1. The second-order valence-corrected chi connectivity index (χ2v) is 5.22. The minimum Gasteiger partial charge on any atom is -0.461 e. The third kappa shape index (κ3) is 6.93. The van der Waals surface area contributed by atoms with Crippen molar-refractivity contribution in [2.75, 3.05) is 13.2 Å². The molecule has 0 aliphatic carbocycles. The number of aliphatic hydroxyl groups excluding tert-OH is 1. The molecule has 0 aliphatic heterocycles. The molecule has 0 aliphatic rings. The van der Waals surface area contributed by atoms with Crippen molar-refractivity contribution in [1.29, 1.82) is 0 Å². The van der Waals surface area contributed by atoms with E-state index in [4.69, 9.17) is 19.3 Å². The Morgan fingerprint density at radius 3 is 2.17 bits per heavy atom. The van der Waals surface area contributed by atoms with Crippen LogP contribution in [0.1, 0.15) is 41.5 Å². The fourth-order valence-corrected chi connectivity index (χ4v) is 1.46. The van der Waals surface area contributed by atoms with E-state index < -0.39 is 17.7 Å². The van der Waals surface area contributed by atoms with Gasteiger partial charge in [-0.1, -0.05) is 0 Å². The van der Waals surface area contributed by atoms with Crippen LogP contribution in [0.3, 0.4) is 0 Å². The van der Waals surface area contributed by atoms with E-state index in [1.54, 1.807) is 20.8 Å². The number of ether oxygens (including phenoxy) is 3. The molecule has 108 valence electrons. The lowest BCUT2D eigenvalue weighted by molar-refractivity contribution is -0.179. The largest absolute Gasteiger partial charge is 0.461 e. The average molecular weight is 262 g/mol. The topological polar surface area (TPSA) is 65.0 Å². The zero-order chi connectivity index (χ0) is 14.3. The lowest BCUT2D eigenvalue weighted by Crippen LogP contribution is -2.41. The van der Waals surface area contributed by atoms with E-state index in [1.165, 1.54) is 0 Å². The van der Waals surface area contributed by atoms with Gasteiger partial charge >= 0.3 is 5.97 Å². The van der Waals surface area contributed by atoms with Crippen LogP contribution in [0.4, 0.5) is 0 Å². The fourth-order valence-electron chi connectivity index (χ4n) is 1.46. The van der Waals surface area contributed by atoms with Gasteiger partial charge in [0.25, 0.3) is 0 Å². The standard InChI is InChI=1S/C13H26O5/c1-9(2)17-11(4)8-16-12(15)13(5,6)18-10(3)7-14/h9-11,14H,7-8H2,1-6H3. The third-order valence-electron chi connectivity index (χ3n) is 2.20. The normalized spacial score (nSPS) is 15.6. The first-order valence-electron chi connectivity index (χ1n) is 6.30. The SMILES string of the molecule is CC(C)OC(C)COC(=O)C(C)(C)OC(C)CO. The highest BCUT2D eigenvalue weighted by Gasteiger charge is 2.32. The molecule has 0 heterocycles.